The third-order valence-electron chi connectivity index (χ3n) is 5.64. The van der Waals surface area contributed by atoms with Crippen molar-refractivity contribution in [1.82, 2.24) is 4.31 Å². The van der Waals surface area contributed by atoms with E-state index >= 15 is 0 Å². The fourth-order valence-electron chi connectivity index (χ4n) is 3.90. The number of amides is 1. The van der Waals surface area contributed by atoms with E-state index < -0.39 is 15.9 Å². The molecule has 0 atom stereocenters. The van der Waals surface area contributed by atoms with Gasteiger partial charge in [0, 0.05) is 29.7 Å². The van der Waals surface area contributed by atoms with Crippen molar-refractivity contribution in [1.29, 1.82) is 0 Å². The smallest absolute Gasteiger partial charge is 0.291 e. The summed E-state index contributed by atoms with van der Waals surface area (Å²) in [5.41, 5.74) is 1.68. The van der Waals surface area contributed by atoms with E-state index in [1.165, 1.54) is 10.4 Å². The van der Waals surface area contributed by atoms with Crippen molar-refractivity contribution in [2.24, 2.45) is 0 Å². The highest BCUT2D eigenvalue weighted by molar-refractivity contribution is 7.89. The summed E-state index contributed by atoms with van der Waals surface area (Å²) in [5, 5.41) is 3.56. The molecule has 1 N–H and O–H groups in total. The van der Waals surface area contributed by atoms with E-state index in [4.69, 9.17) is 9.15 Å². The van der Waals surface area contributed by atoms with Gasteiger partial charge in [0.2, 0.25) is 10.0 Å². The van der Waals surface area contributed by atoms with Gasteiger partial charge in [0.25, 0.3) is 5.91 Å². The van der Waals surface area contributed by atoms with Crippen LogP contribution in [0.25, 0.3) is 11.0 Å². The number of hydrogen-bond acceptors (Lipinski definition) is 5. The van der Waals surface area contributed by atoms with Crippen molar-refractivity contribution < 1.29 is 22.4 Å². The molecule has 2 heterocycles. The number of fused-ring (bicyclic) bond motifs is 1. The number of benzene rings is 2. The van der Waals surface area contributed by atoms with E-state index in [0.717, 1.165) is 31.1 Å². The van der Waals surface area contributed by atoms with E-state index in [1.54, 1.807) is 44.4 Å². The number of furan rings is 1. The summed E-state index contributed by atoms with van der Waals surface area (Å²) in [4.78, 5) is 13.1. The molecule has 2 aromatic carbocycles. The second-order valence-electron chi connectivity index (χ2n) is 7.72. The van der Waals surface area contributed by atoms with Crippen molar-refractivity contribution >= 4 is 32.6 Å². The summed E-state index contributed by atoms with van der Waals surface area (Å²) in [6.45, 7) is 2.86. The van der Waals surface area contributed by atoms with Crippen LogP contribution in [0.1, 0.15) is 41.8 Å². The van der Waals surface area contributed by atoms with Crippen LogP contribution in [-0.2, 0) is 10.0 Å². The zero-order chi connectivity index (χ0) is 22.0. The molecule has 1 aliphatic rings. The minimum absolute atomic E-state index is 0.179. The first-order valence-corrected chi connectivity index (χ1v) is 11.8. The second-order valence-corrected chi connectivity index (χ2v) is 9.66. The topological polar surface area (TPSA) is 88.8 Å². The van der Waals surface area contributed by atoms with Crippen molar-refractivity contribution in [2.75, 3.05) is 25.5 Å². The highest BCUT2D eigenvalue weighted by atomic mass is 32.2. The number of carbonyl (C=O) groups is 1. The van der Waals surface area contributed by atoms with Crippen molar-refractivity contribution in [3.8, 4) is 5.75 Å². The molecule has 1 aromatic heterocycles. The Morgan fingerprint density at radius 3 is 2.52 bits per heavy atom. The van der Waals surface area contributed by atoms with Crippen LogP contribution in [0.4, 0.5) is 5.69 Å². The Morgan fingerprint density at radius 1 is 1.06 bits per heavy atom. The molecule has 0 saturated carbocycles. The Morgan fingerprint density at radius 2 is 1.81 bits per heavy atom. The average Bonchev–Trinajstić information content (AvgIpc) is 2.94. The molecule has 7 nitrogen and oxygen atoms in total. The van der Waals surface area contributed by atoms with Gasteiger partial charge in [-0.25, -0.2) is 8.42 Å². The molecule has 4 rings (SSSR count). The summed E-state index contributed by atoms with van der Waals surface area (Å²) in [7, 11) is -2.02. The van der Waals surface area contributed by atoms with Crippen LogP contribution in [0, 0.1) is 6.92 Å². The zero-order valence-electron chi connectivity index (χ0n) is 17.7. The first-order valence-electron chi connectivity index (χ1n) is 10.4. The lowest BCUT2D eigenvalue weighted by molar-refractivity contribution is 0.0998. The van der Waals surface area contributed by atoms with Crippen LogP contribution >= 0.6 is 0 Å². The molecule has 1 saturated heterocycles. The van der Waals surface area contributed by atoms with Gasteiger partial charge in [-0.3, -0.25) is 4.79 Å². The first kappa shape index (κ1) is 21.4. The van der Waals surface area contributed by atoms with Crippen LogP contribution in [0.3, 0.4) is 0 Å². The van der Waals surface area contributed by atoms with E-state index in [2.05, 4.69) is 5.32 Å². The maximum atomic E-state index is 13.1. The number of ether oxygens (including phenoxy) is 1. The number of hydrogen-bond donors (Lipinski definition) is 1. The van der Waals surface area contributed by atoms with Gasteiger partial charge in [0.15, 0.2) is 5.76 Å². The predicted octanol–water partition coefficient (Wildman–Crippen LogP) is 4.57. The lowest BCUT2D eigenvalue weighted by Gasteiger charge is -2.20. The SMILES string of the molecule is COc1ccc2oc(C(=O)Nc3cccc(S(=O)(=O)N4CCCCCC4)c3)c(C)c2c1. The molecule has 1 fully saturated rings. The molecule has 0 aliphatic carbocycles. The van der Waals surface area contributed by atoms with Gasteiger partial charge < -0.3 is 14.5 Å². The Hall–Kier alpha value is -2.84. The van der Waals surface area contributed by atoms with Gasteiger partial charge >= 0.3 is 0 Å². The fourth-order valence-corrected chi connectivity index (χ4v) is 5.46. The molecule has 31 heavy (non-hydrogen) atoms. The van der Waals surface area contributed by atoms with Crippen molar-refractivity contribution in [2.45, 2.75) is 37.5 Å². The summed E-state index contributed by atoms with van der Waals surface area (Å²) in [6.07, 6.45) is 3.83. The van der Waals surface area contributed by atoms with Gasteiger partial charge in [-0.15, -0.1) is 0 Å². The molecule has 1 aliphatic heterocycles. The molecule has 8 heteroatoms. The van der Waals surface area contributed by atoms with E-state index in [1.807, 2.05) is 6.07 Å². The van der Waals surface area contributed by atoms with Crippen LogP contribution in [0.15, 0.2) is 51.8 Å². The Labute approximate surface area is 182 Å². The lowest BCUT2D eigenvalue weighted by Crippen LogP contribution is -2.32. The summed E-state index contributed by atoms with van der Waals surface area (Å²) in [5.74, 6) is 0.427. The number of sulfonamides is 1. The molecule has 0 unspecified atom stereocenters. The highest BCUT2D eigenvalue weighted by Gasteiger charge is 2.26. The molecular formula is C23H26N2O5S. The predicted molar refractivity (Wildman–Crippen MR) is 119 cm³/mol. The van der Waals surface area contributed by atoms with Gasteiger partial charge in [-0.2, -0.15) is 4.31 Å². The highest BCUT2D eigenvalue weighted by Crippen LogP contribution is 2.30. The Balaban J connectivity index is 1.58. The normalized spacial score (nSPS) is 15.5. The van der Waals surface area contributed by atoms with Gasteiger partial charge in [-0.05, 0) is 56.2 Å². The summed E-state index contributed by atoms with van der Waals surface area (Å²) >= 11 is 0. The molecule has 0 spiro atoms. The molecular weight excluding hydrogens is 416 g/mol. The van der Waals surface area contributed by atoms with Crippen LogP contribution in [0.5, 0.6) is 5.75 Å². The second kappa shape index (κ2) is 8.72. The Bertz CT molecular complexity index is 1210. The molecule has 1 amide bonds. The third kappa shape index (κ3) is 4.31. The quantitative estimate of drug-likeness (QED) is 0.625. The third-order valence-corrected chi connectivity index (χ3v) is 7.54. The lowest BCUT2D eigenvalue weighted by atomic mass is 10.1. The number of carbonyl (C=O) groups excluding carboxylic acids is 1. The number of aryl methyl sites for hydroxylation is 1. The van der Waals surface area contributed by atoms with Crippen LogP contribution in [-0.4, -0.2) is 38.8 Å². The van der Waals surface area contributed by atoms with Crippen LogP contribution in [0.2, 0.25) is 0 Å². The minimum Gasteiger partial charge on any atom is -0.497 e. The number of anilines is 1. The standard InChI is InChI=1S/C23H26N2O5S/c1-16-20-15-18(29-2)10-11-21(20)30-22(16)23(26)24-17-8-7-9-19(14-17)31(27,28)25-12-5-3-4-6-13-25/h7-11,14-15H,3-6,12-13H2,1-2H3,(H,24,26). The van der Waals surface area contributed by atoms with E-state index in [0.29, 0.717) is 35.7 Å². The van der Waals surface area contributed by atoms with E-state index in [9.17, 15) is 13.2 Å². The van der Waals surface area contributed by atoms with Crippen molar-refractivity contribution in [3.05, 3.63) is 53.8 Å². The largest absolute Gasteiger partial charge is 0.497 e. The molecule has 0 bridgehead atoms. The fraction of sp³-hybridized carbons (Fsp3) is 0.348. The number of nitrogens with zero attached hydrogens (tertiary/aromatic N) is 1. The number of methoxy groups -OCH3 is 1. The van der Waals surface area contributed by atoms with Crippen LogP contribution < -0.4 is 10.1 Å². The van der Waals surface area contributed by atoms with Gasteiger partial charge in [0.05, 0.1) is 12.0 Å². The van der Waals surface area contributed by atoms with Gasteiger partial charge in [0.1, 0.15) is 11.3 Å². The minimum atomic E-state index is -3.60. The maximum absolute atomic E-state index is 13.1. The van der Waals surface area contributed by atoms with Crippen molar-refractivity contribution in [3.63, 3.8) is 0 Å². The first-order chi connectivity index (χ1) is 14.9. The molecule has 164 valence electrons. The maximum Gasteiger partial charge on any atom is 0.291 e. The molecule has 0 radical (unpaired) electrons. The molecule has 3 aromatic rings. The summed E-state index contributed by atoms with van der Waals surface area (Å²) < 4.78 is 38.7. The summed E-state index contributed by atoms with van der Waals surface area (Å²) in [6, 6.07) is 11.7. The monoisotopic (exact) mass is 442 g/mol. The number of rotatable bonds is 5. The van der Waals surface area contributed by atoms with Gasteiger partial charge in [-0.1, -0.05) is 18.9 Å². The van der Waals surface area contributed by atoms with E-state index in [-0.39, 0.29) is 10.7 Å². The zero-order valence-corrected chi connectivity index (χ0v) is 18.5. The average molecular weight is 443 g/mol. The Kier molecular flexibility index (Phi) is 6.02. The number of nitrogens with one attached hydrogen (secondary N) is 1.